The molecule has 0 saturated heterocycles. The molecule has 0 aliphatic carbocycles. The molecule has 0 unspecified atom stereocenters. The number of carboxylic acid groups (broad SMARTS) is 1. The van der Waals surface area contributed by atoms with Crippen molar-refractivity contribution in [1.82, 2.24) is 10.3 Å². The Labute approximate surface area is 150 Å². The molecule has 1 atom stereocenters. The molecule has 2 N–H and O–H groups in total. The van der Waals surface area contributed by atoms with E-state index in [9.17, 15) is 14.7 Å². The highest BCUT2D eigenvalue weighted by molar-refractivity contribution is 5.81. The number of ether oxygens (including phenoxy) is 1. The molecule has 0 aliphatic rings. The van der Waals surface area contributed by atoms with Crippen molar-refractivity contribution in [3.05, 3.63) is 78.0 Å². The van der Waals surface area contributed by atoms with Crippen molar-refractivity contribution in [1.29, 1.82) is 0 Å². The Hall–Kier alpha value is -3.41. The smallest absolute Gasteiger partial charge is 0.408 e. The van der Waals surface area contributed by atoms with Gasteiger partial charge in [-0.05, 0) is 29.3 Å². The molecule has 0 radical (unpaired) electrons. The normalized spacial score (nSPS) is 11.7. The molecule has 132 valence electrons. The number of aliphatic carboxylic acids is 1. The second-order valence-electron chi connectivity index (χ2n) is 5.83. The lowest BCUT2D eigenvalue weighted by Crippen LogP contribution is -2.42. The molecule has 0 fully saturated rings. The number of carbonyl (C=O) groups is 2. The highest BCUT2D eigenvalue weighted by Gasteiger charge is 2.21. The van der Waals surface area contributed by atoms with E-state index in [-0.39, 0.29) is 13.0 Å². The molecule has 3 aromatic rings. The lowest BCUT2D eigenvalue weighted by Gasteiger charge is -2.15. The monoisotopic (exact) mass is 350 g/mol. The van der Waals surface area contributed by atoms with Crippen molar-refractivity contribution in [3.8, 4) is 0 Å². The van der Waals surface area contributed by atoms with E-state index >= 15 is 0 Å². The number of carbonyl (C=O) groups excluding carboxylic acids is 1. The van der Waals surface area contributed by atoms with E-state index in [4.69, 9.17) is 4.74 Å². The summed E-state index contributed by atoms with van der Waals surface area (Å²) in [6.07, 6.45) is 1.09. The molecule has 6 nitrogen and oxygen atoms in total. The summed E-state index contributed by atoms with van der Waals surface area (Å²) in [7, 11) is 0. The second kappa shape index (κ2) is 8.11. The minimum Gasteiger partial charge on any atom is -0.480 e. The number of benzene rings is 2. The highest BCUT2D eigenvalue weighted by atomic mass is 16.5. The van der Waals surface area contributed by atoms with E-state index in [2.05, 4.69) is 10.3 Å². The summed E-state index contributed by atoms with van der Waals surface area (Å²) in [6.45, 7) is 0.0840. The van der Waals surface area contributed by atoms with Gasteiger partial charge in [-0.15, -0.1) is 0 Å². The molecule has 2 aromatic carbocycles. The van der Waals surface area contributed by atoms with Gasteiger partial charge in [-0.25, -0.2) is 9.59 Å². The number of carboxylic acids is 1. The number of pyridine rings is 1. The first-order valence-electron chi connectivity index (χ1n) is 8.15. The number of aromatic nitrogens is 1. The molecule has 0 saturated carbocycles. The molecule has 0 bridgehead atoms. The fourth-order valence-electron chi connectivity index (χ4n) is 2.59. The zero-order valence-electron chi connectivity index (χ0n) is 14.0. The maximum absolute atomic E-state index is 11.9. The first-order chi connectivity index (χ1) is 12.6. The summed E-state index contributed by atoms with van der Waals surface area (Å²) in [5.41, 5.74) is 2.45. The third-order valence-electron chi connectivity index (χ3n) is 3.91. The van der Waals surface area contributed by atoms with Crippen LogP contribution >= 0.6 is 0 Å². The highest BCUT2D eigenvalue weighted by Crippen LogP contribution is 2.15. The summed E-state index contributed by atoms with van der Waals surface area (Å²) >= 11 is 0. The van der Waals surface area contributed by atoms with Crippen LogP contribution in [0.5, 0.6) is 0 Å². The van der Waals surface area contributed by atoms with Crippen LogP contribution in [0.1, 0.15) is 11.1 Å². The van der Waals surface area contributed by atoms with Gasteiger partial charge in [-0.1, -0.05) is 42.5 Å². The maximum atomic E-state index is 11.9. The largest absolute Gasteiger partial charge is 0.480 e. The quantitative estimate of drug-likeness (QED) is 0.713. The molecule has 1 heterocycles. The van der Waals surface area contributed by atoms with Crippen LogP contribution in [-0.4, -0.2) is 28.2 Å². The van der Waals surface area contributed by atoms with Gasteiger partial charge in [0.15, 0.2) is 0 Å². The number of hydrogen-bond acceptors (Lipinski definition) is 4. The Morgan fingerprint density at radius 2 is 1.85 bits per heavy atom. The number of nitrogens with zero attached hydrogens (tertiary/aromatic N) is 1. The van der Waals surface area contributed by atoms with E-state index < -0.39 is 18.1 Å². The van der Waals surface area contributed by atoms with E-state index in [1.165, 1.54) is 0 Å². The number of fused-ring (bicyclic) bond motifs is 1. The Bertz CT molecular complexity index is 912. The average molecular weight is 350 g/mol. The molecule has 6 heteroatoms. The zero-order valence-corrected chi connectivity index (χ0v) is 14.0. The predicted octanol–water partition coefficient (Wildman–Crippen LogP) is 3.16. The maximum Gasteiger partial charge on any atom is 0.408 e. The predicted molar refractivity (Wildman–Crippen MR) is 96.6 cm³/mol. The summed E-state index contributed by atoms with van der Waals surface area (Å²) in [4.78, 5) is 27.7. The molecule has 1 aromatic heterocycles. The van der Waals surface area contributed by atoms with Gasteiger partial charge in [0.2, 0.25) is 0 Å². The van der Waals surface area contributed by atoms with Crippen LogP contribution in [0.15, 0.2) is 66.9 Å². The molecule has 1 amide bonds. The van der Waals surface area contributed by atoms with Crippen LogP contribution in [0.3, 0.4) is 0 Å². The van der Waals surface area contributed by atoms with E-state index in [1.54, 1.807) is 6.20 Å². The van der Waals surface area contributed by atoms with E-state index in [1.807, 2.05) is 60.7 Å². The molecular formula is C20H18N2O4. The third-order valence-corrected chi connectivity index (χ3v) is 3.91. The summed E-state index contributed by atoms with van der Waals surface area (Å²) < 4.78 is 5.09. The standard InChI is InChI=1S/C20H18N2O4/c23-19(24)18(22-20(25)26-13-14-5-2-1-3-6-14)12-15-8-9-17-16(11-15)7-4-10-21-17/h1-11,18H,12-13H2,(H,22,25)(H,23,24)/t18-/m0/s1. The van der Waals surface area contributed by atoms with Crippen molar-refractivity contribution in [2.75, 3.05) is 0 Å². The van der Waals surface area contributed by atoms with Gasteiger partial charge in [-0.3, -0.25) is 4.98 Å². The van der Waals surface area contributed by atoms with Crippen LogP contribution in [0, 0.1) is 0 Å². The van der Waals surface area contributed by atoms with Gasteiger partial charge in [0.25, 0.3) is 0 Å². The average Bonchev–Trinajstić information content (AvgIpc) is 2.66. The Morgan fingerprint density at radius 3 is 2.62 bits per heavy atom. The summed E-state index contributed by atoms with van der Waals surface area (Å²) in [5, 5.41) is 12.7. The van der Waals surface area contributed by atoms with Crippen LogP contribution in [0.2, 0.25) is 0 Å². The minimum absolute atomic E-state index is 0.0840. The van der Waals surface area contributed by atoms with Gasteiger partial charge >= 0.3 is 12.1 Å². The molecule has 0 aliphatic heterocycles. The molecule has 0 spiro atoms. The number of nitrogens with one attached hydrogen (secondary N) is 1. The van der Waals surface area contributed by atoms with Crippen molar-refractivity contribution in [3.63, 3.8) is 0 Å². The topological polar surface area (TPSA) is 88.5 Å². The minimum atomic E-state index is -1.12. The van der Waals surface area contributed by atoms with Crippen molar-refractivity contribution in [2.24, 2.45) is 0 Å². The van der Waals surface area contributed by atoms with Gasteiger partial charge in [-0.2, -0.15) is 0 Å². The summed E-state index contributed by atoms with van der Waals surface area (Å²) in [5.74, 6) is -1.12. The van der Waals surface area contributed by atoms with Gasteiger partial charge in [0.1, 0.15) is 12.6 Å². The van der Waals surface area contributed by atoms with Gasteiger partial charge in [0.05, 0.1) is 5.52 Å². The SMILES string of the molecule is O=C(N[C@@H](Cc1ccc2ncccc2c1)C(=O)O)OCc1ccccc1. The van der Waals surface area contributed by atoms with Crippen molar-refractivity contribution >= 4 is 23.0 Å². The fourth-order valence-corrected chi connectivity index (χ4v) is 2.59. The third kappa shape index (κ3) is 4.57. The van der Waals surface area contributed by atoms with Gasteiger partial charge in [0, 0.05) is 18.0 Å². The van der Waals surface area contributed by atoms with Crippen LogP contribution < -0.4 is 5.32 Å². The van der Waals surface area contributed by atoms with E-state index in [0.29, 0.717) is 0 Å². The van der Waals surface area contributed by atoms with Crippen LogP contribution in [0.25, 0.3) is 10.9 Å². The first-order valence-corrected chi connectivity index (χ1v) is 8.15. The Morgan fingerprint density at radius 1 is 1.04 bits per heavy atom. The van der Waals surface area contributed by atoms with Crippen molar-refractivity contribution in [2.45, 2.75) is 19.1 Å². The molecule has 3 rings (SSSR count). The Balaban J connectivity index is 1.62. The number of rotatable bonds is 6. The van der Waals surface area contributed by atoms with Crippen LogP contribution in [0.4, 0.5) is 4.79 Å². The number of hydrogen-bond donors (Lipinski definition) is 2. The van der Waals surface area contributed by atoms with E-state index in [0.717, 1.165) is 22.0 Å². The number of alkyl carbamates (subject to hydrolysis) is 1. The lowest BCUT2D eigenvalue weighted by atomic mass is 10.0. The molecular weight excluding hydrogens is 332 g/mol. The second-order valence-corrected chi connectivity index (χ2v) is 5.83. The lowest BCUT2D eigenvalue weighted by molar-refractivity contribution is -0.139. The summed E-state index contributed by atoms with van der Waals surface area (Å²) in [6, 6.07) is 17.3. The van der Waals surface area contributed by atoms with Crippen LogP contribution in [-0.2, 0) is 22.6 Å². The number of amides is 1. The first kappa shape index (κ1) is 17.4. The fraction of sp³-hybridized carbons (Fsp3) is 0.150. The zero-order chi connectivity index (χ0) is 18.4. The van der Waals surface area contributed by atoms with Crippen molar-refractivity contribution < 1.29 is 19.4 Å². The Kier molecular flexibility index (Phi) is 5.43. The van der Waals surface area contributed by atoms with Gasteiger partial charge < -0.3 is 15.2 Å². The molecule has 26 heavy (non-hydrogen) atoms.